The molecule has 1 atom stereocenters. The highest BCUT2D eigenvalue weighted by Gasteiger charge is 2.37. The number of benzene rings is 1. The van der Waals surface area contributed by atoms with Gasteiger partial charge in [0.25, 0.3) is 0 Å². The minimum Gasteiger partial charge on any atom is -0.414 e. The molecule has 108 valence electrons. The summed E-state index contributed by atoms with van der Waals surface area (Å²) in [4.78, 5) is 0. The number of aliphatic hydroxyl groups is 1. The summed E-state index contributed by atoms with van der Waals surface area (Å²) in [5.41, 5.74) is 0.597. The Morgan fingerprint density at radius 2 is 1.95 bits per heavy atom. The number of aliphatic hydroxyl groups excluding tert-OH is 1. The molecule has 0 aromatic heterocycles. The van der Waals surface area contributed by atoms with Crippen LogP contribution in [0.15, 0.2) is 18.2 Å². The second-order valence-electron chi connectivity index (χ2n) is 6.25. The molecule has 0 spiro atoms. The van der Waals surface area contributed by atoms with Crippen LogP contribution >= 0.6 is 22.6 Å². The monoisotopic (exact) mass is 396 g/mol. The van der Waals surface area contributed by atoms with E-state index in [0.29, 0.717) is 5.56 Å². The lowest BCUT2D eigenvalue weighted by Crippen LogP contribution is -2.41. The topological polar surface area (TPSA) is 29.5 Å². The third-order valence-electron chi connectivity index (χ3n) is 3.73. The van der Waals surface area contributed by atoms with Gasteiger partial charge >= 0.3 is 0 Å². The SMILES string of the molecule is CC(C)(C)[Si](C)(C)OCC(O)c1cc(F)ccc1I. The molecule has 0 saturated carbocycles. The molecule has 1 aromatic rings. The van der Waals surface area contributed by atoms with Crippen LogP contribution in [0.1, 0.15) is 32.4 Å². The molecule has 5 heteroatoms. The highest BCUT2D eigenvalue weighted by atomic mass is 127. The second kappa shape index (κ2) is 6.20. The van der Waals surface area contributed by atoms with Crippen molar-refractivity contribution in [2.45, 2.75) is 45.0 Å². The average molecular weight is 396 g/mol. The number of rotatable bonds is 4. The molecule has 0 heterocycles. The Kier molecular flexibility index (Phi) is 5.57. The fourth-order valence-electron chi connectivity index (χ4n) is 1.36. The fourth-order valence-corrected chi connectivity index (χ4v) is 3.07. The predicted molar refractivity (Wildman–Crippen MR) is 87.2 cm³/mol. The molecule has 19 heavy (non-hydrogen) atoms. The summed E-state index contributed by atoms with van der Waals surface area (Å²) >= 11 is 2.10. The minimum atomic E-state index is -1.89. The van der Waals surface area contributed by atoms with Gasteiger partial charge in [-0.1, -0.05) is 20.8 Å². The van der Waals surface area contributed by atoms with Crippen molar-refractivity contribution in [1.29, 1.82) is 0 Å². The zero-order valence-corrected chi connectivity index (χ0v) is 15.3. The van der Waals surface area contributed by atoms with Gasteiger partial charge in [0, 0.05) is 3.57 Å². The van der Waals surface area contributed by atoms with E-state index >= 15 is 0 Å². The van der Waals surface area contributed by atoms with E-state index in [4.69, 9.17) is 4.43 Å². The van der Waals surface area contributed by atoms with Gasteiger partial charge < -0.3 is 9.53 Å². The molecule has 1 N–H and O–H groups in total. The predicted octanol–water partition coefficient (Wildman–Crippen LogP) is 4.49. The lowest BCUT2D eigenvalue weighted by Gasteiger charge is -2.36. The molecule has 0 aliphatic rings. The van der Waals surface area contributed by atoms with Gasteiger partial charge in [-0.05, 0) is 64.5 Å². The Bertz CT molecular complexity index is 444. The standard InChI is InChI=1S/C14H22FIO2Si/c1-14(2,3)19(4,5)18-9-13(17)11-8-10(15)6-7-12(11)16/h6-8,13,17H,9H2,1-5H3. The van der Waals surface area contributed by atoms with Crippen LogP contribution in [0.25, 0.3) is 0 Å². The van der Waals surface area contributed by atoms with Gasteiger partial charge in [0.05, 0.1) is 6.61 Å². The Labute approximate surface area is 129 Å². The highest BCUT2D eigenvalue weighted by Crippen LogP contribution is 2.37. The van der Waals surface area contributed by atoms with Gasteiger partial charge in [-0.25, -0.2) is 4.39 Å². The lowest BCUT2D eigenvalue weighted by molar-refractivity contribution is 0.0994. The highest BCUT2D eigenvalue weighted by molar-refractivity contribution is 14.1. The van der Waals surface area contributed by atoms with Gasteiger partial charge in [0.1, 0.15) is 11.9 Å². The number of halogens is 2. The van der Waals surface area contributed by atoms with Crippen LogP contribution in [0.3, 0.4) is 0 Å². The summed E-state index contributed by atoms with van der Waals surface area (Å²) < 4.78 is 20.0. The van der Waals surface area contributed by atoms with Crippen molar-refractivity contribution in [3.8, 4) is 0 Å². The van der Waals surface area contributed by atoms with Crippen LogP contribution in [0.5, 0.6) is 0 Å². The summed E-state index contributed by atoms with van der Waals surface area (Å²) in [6, 6.07) is 4.44. The maximum atomic E-state index is 13.2. The second-order valence-corrected chi connectivity index (χ2v) is 12.2. The molecular weight excluding hydrogens is 374 g/mol. The van der Waals surface area contributed by atoms with Crippen molar-refractivity contribution in [3.63, 3.8) is 0 Å². The van der Waals surface area contributed by atoms with Gasteiger partial charge in [0.15, 0.2) is 8.32 Å². The van der Waals surface area contributed by atoms with Crippen LogP contribution in [-0.2, 0) is 4.43 Å². The molecule has 1 rings (SSSR count). The Morgan fingerprint density at radius 3 is 2.47 bits per heavy atom. The maximum Gasteiger partial charge on any atom is 0.192 e. The zero-order valence-electron chi connectivity index (χ0n) is 12.1. The van der Waals surface area contributed by atoms with Crippen LogP contribution < -0.4 is 0 Å². The first-order valence-corrected chi connectivity index (χ1v) is 10.3. The molecule has 0 amide bonds. The third-order valence-corrected chi connectivity index (χ3v) is 9.21. The fraction of sp³-hybridized carbons (Fsp3) is 0.571. The van der Waals surface area contributed by atoms with Crippen LogP contribution in [-0.4, -0.2) is 20.0 Å². The summed E-state index contributed by atoms with van der Waals surface area (Å²) in [6.07, 6.45) is -0.781. The van der Waals surface area contributed by atoms with E-state index in [1.807, 2.05) is 0 Å². The quantitative estimate of drug-likeness (QED) is 0.601. The van der Waals surface area contributed by atoms with Crippen molar-refractivity contribution in [2.24, 2.45) is 0 Å². The number of hydrogen-bond donors (Lipinski definition) is 1. The Balaban J connectivity index is 2.76. The molecular formula is C14H22FIO2Si. The van der Waals surface area contributed by atoms with E-state index in [-0.39, 0.29) is 17.5 Å². The van der Waals surface area contributed by atoms with Gasteiger partial charge in [-0.2, -0.15) is 0 Å². The Hall–Kier alpha value is 0.0169. The Morgan fingerprint density at radius 1 is 1.37 bits per heavy atom. The third kappa shape index (κ3) is 4.51. The summed E-state index contributed by atoms with van der Waals surface area (Å²) in [5, 5.41) is 10.3. The minimum absolute atomic E-state index is 0.0990. The molecule has 0 fully saturated rings. The maximum absolute atomic E-state index is 13.2. The van der Waals surface area contributed by atoms with Crippen molar-refractivity contribution in [2.75, 3.05) is 6.61 Å². The molecule has 2 nitrogen and oxygen atoms in total. The van der Waals surface area contributed by atoms with Crippen molar-refractivity contribution in [3.05, 3.63) is 33.1 Å². The smallest absolute Gasteiger partial charge is 0.192 e. The molecule has 0 bridgehead atoms. The normalized spacial score (nSPS) is 14.5. The first-order valence-electron chi connectivity index (χ1n) is 6.31. The van der Waals surface area contributed by atoms with E-state index in [9.17, 15) is 9.50 Å². The van der Waals surface area contributed by atoms with Gasteiger partial charge in [-0.3, -0.25) is 0 Å². The lowest BCUT2D eigenvalue weighted by atomic mass is 10.1. The van der Waals surface area contributed by atoms with Crippen LogP contribution in [0.2, 0.25) is 18.1 Å². The van der Waals surface area contributed by atoms with Gasteiger partial charge in [0.2, 0.25) is 0 Å². The molecule has 0 radical (unpaired) electrons. The first-order chi connectivity index (χ1) is 8.54. The van der Waals surface area contributed by atoms with Crippen LogP contribution in [0.4, 0.5) is 4.39 Å². The van der Waals surface area contributed by atoms with E-state index < -0.39 is 14.4 Å². The molecule has 0 saturated heterocycles. The summed E-state index contributed by atoms with van der Waals surface area (Å²) in [7, 11) is -1.89. The summed E-state index contributed by atoms with van der Waals surface area (Å²) in [5.74, 6) is -0.332. The van der Waals surface area contributed by atoms with Crippen LogP contribution in [0, 0.1) is 9.39 Å². The zero-order chi connectivity index (χ0) is 14.8. The first kappa shape index (κ1) is 17.1. The van der Waals surface area contributed by atoms with E-state index in [2.05, 4.69) is 56.5 Å². The van der Waals surface area contributed by atoms with E-state index in [0.717, 1.165) is 3.57 Å². The molecule has 0 aliphatic carbocycles. The van der Waals surface area contributed by atoms with Crippen molar-refractivity contribution in [1.82, 2.24) is 0 Å². The number of hydrogen-bond acceptors (Lipinski definition) is 2. The van der Waals surface area contributed by atoms with Crippen molar-refractivity contribution >= 4 is 30.9 Å². The van der Waals surface area contributed by atoms with Gasteiger partial charge in [-0.15, -0.1) is 0 Å². The van der Waals surface area contributed by atoms with Crippen molar-refractivity contribution < 1.29 is 13.9 Å². The summed E-state index contributed by atoms with van der Waals surface area (Å²) in [6.45, 7) is 10.9. The largest absolute Gasteiger partial charge is 0.414 e. The molecule has 0 aliphatic heterocycles. The van der Waals surface area contributed by atoms with E-state index in [1.54, 1.807) is 6.07 Å². The molecule has 1 aromatic carbocycles. The average Bonchev–Trinajstić information content (AvgIpc) is 2.28. The molecule has 1 unspecified atom stereocenters. The van der Waals surface area contributed by atoms with E-state index in [1.165, 1.54) is 12.1 Å².